The number of amides is 1. The van der Waals surface area contributed by atoms with E-state index in [-0.39, 0.29) is 27.5 Å². The maximum atomic E-state index is 12.7. The van der Waals surface area contributed by atoms with Crippen molar-refractivity contribution >= 4 is 33.3 Å². The molecule has 0 unspecified atom stereocenters. The number of hydrogen-bond acceptors (Lipinski definition) is 6. The molecule has 0 bridgehead atoms. The zero-order valence-electron chi connectivity index (χ0n) is 13.9. The number of halogens is 1. The Morgan fingerprint density at radius 1 is 1.08 bits per heavy atom. The van der Waals surface area contributed by atoms with Crippen LogP contribution < -0.4 is 9.47 Å². The van der Waals surface area contributed by atoms with Gasteiger partial charge in [-0.3, -0.25) is 9.59 Å². The Hall–Kier alpha value is -2.58. The van der Waals surface area contributed by atoms with Gasteiger partial charge in [-0.15, -0.1) is 0 Å². The van der Waals surface area contributed by atoms with E-state index in [2.05, 4.69) is 0 Å². The molecule has 26 heavy (non-hydrogen) atoms. The van der Waals surface area contributed by atoms with Gasteiger partial charge in [0.1, 0.15) is 11.4 Å². The standard InChI is InChI=1S/C17H14ClNO6S/c1-24-14-7-12-16(8-15(14)25-2)26(22,23)19(17(12)21)9-13(20)10-3-5-11(18)6-4-10/h3-8H,9H2,1-2H3. The minimum absolute atomic E-state index is 0.0634. The third-order valence-electron chi connectivity index (χ3n) is 3.96. The first-order valence-electron chi connectivity index (χ1n) is 7.41. The molecule has 0 aliphatic carbocycles. The van der Waals surface area contributed by atoms with Crippen LogP contribution in [0.3, 0.4) is 0 Å². The van der Waals surface area contributed by atoms with E-state index in [4.69, 9.17) is 21.1 Å². The summed E-state index contributed by atoms with van der Waals surface area (Å²) in [5.74, 6) is -0.914. The summed E-state index contributed by atoms with van der Waals surface area (Å²) < 4.78 is 36.2. The molecule has 0 atom stereocenters. The van der Waals surface area contributed by atoms with Gasteiger partial charge in [0, 0.05) is 16.7 Å². The molecule has 0 saturated carbocycles. The summed E-state index contributed by atoms with van der Waals surface area (Å²) >= 11 is 5.78. The van der Waals surface area contributed by atoms with Crippen molar-refractivity contribution in [1.82, 2.24) is 4.31 Å². The molecule has 1 amide bonds. The molecule has 1 aliphatic heterocycles. The first-order chi connectivity index (χ1) is 12.3. The number of nitrogens with zero attached hydrogens (tertiary/aromatic N) is 1. The number of hydrogen-bond donors (Lipinski definition) is 0. The third kappa shape index (κ3) is 2.91. The number of carbonyl (C=O) groups excluding carboxylic acids is 2. The molecule has 0 radical (unpaired) electrons. The lowest BCUT2D eigenvalue weighted by molar-refractivity contribution is 0.0820. The quantitative estimate of drug-likeness (QED) is 0.722. The van der Waals surface area contributed by atoms with E-state index >= 15 is 0 Å². The summed E-state index contributed by atoms with van der Waals surface area (Å²) in [5.41, 5.74) is 0.190. The van der Waals surface area contributed by atoms with Gasteiger partial charge < -0.3 is 9.47 Å². The number of ketones is 1. The normalized spacial score (nSPS) is 14.9. The number of ether oxygens (including phenoxy) is 2. The van der Waals surface area contributed by atoms with Gasteiger partial charge in [-0.2, -0.15) is 0 Å². The molecule has 0 spiro atoms. The number of methoxy groups -OCH3 is 2. The second-order valence-corrected chi connectivity index (χ2v) is 7.72. The first kappa shape index (κ1) is 18.2. The van der Waals surface area contributed by atoms with Crippen LogP contribution in [0, 0.1) is 0 Å². The van der Waals surface area contributed by atoms with E-state index in [0.29, 0.717) is 9.33 Å². The summed E-state index contributed by atoms with van der Waals surface area (Å²) in [6.07, 6.45) is 0. The van der Waals surface area contributed by atoms with Crippen LogP contribution in [0.4, 0.5) is 0 Å². The Morgan fingerprint density at radius 2 is 1.65 bits per heavy atom. The van der Waals surface area contributed by atoms with Gasteiger partial charge in [0.2, 0.25) is 0 Å². The number of rotatable bonds is 5. The molecule has 0 saturated heterocycles. The van der Waals surface area contributed by atoms with Crippen LogP contribution in [-0.2, 0) is 10.0 Å². The molecule has 7 nitrogen and oxygen atoms in total. The zero-order valence-corrected chi connectivity index (χ0v) is 15.4. The molecule has 0 fully saturated rings. The molecule has 0 N–H and O–H groups in total. The van der Waals surface area contributed by atoms with Crippen molar-refractivity contribution in [3.63, 3.8) is 0 Å². The van der Waals surface area contributed by atoms with Crippen molar-refractivity contribution in [3.8, 4) is 11.5 Å². The van der Waals surface area contributed by atoms with E-state index in [1.165, 1.54) is 50.6 Å². The second kappa shape index (κ2) is 6.62. The van der Waals surface area contributed by atoms with E-state index in [1.54, 1.807) is 0 Å². The Bertz CT molecular complexity index is 1000. The highest BCUT2D eigenvalue weighted by Gasteiger charge is 2.43. The Balaban J connectivity index is 1.98. The van der Waals surface area contributed by atoms with Crippen molar-refractivity contribution in [2.24, 2.45) is 0 Å². The Labute approximate surface area is 155 Å². The summed E-state index contributed by atoms with van der Waals surface area (Å²) in [5, 5.41) is 0.443. The van der Waals surface area contributed by atoms with Gasteiger partial charge in [0.05, 0.1) is 19.8 Å². The summed E-state index contributed by atoms with van der Waals surface area (Å²) in [6, 6.07) is 8.47. The van der Waals surface area contributed by atoms with E-state index in [0.717, 1.165) is 0 Å². The summed E-state index contributed by atoms with van der Waals surface area (Å²) in [7, 11) is -1.43. The Kier molecular flexibility index (Phi) is 4.64. The molecular weight excluding hydrogens is 382 g/mol. The van der Waals surface area contributed by atoms with Crippen LogP contribution in [0.1, 0.15) is 20.7 Å². The highest BCUT2D eigenvalue weighted by Crippen LogP contribution is 2.38. The number of fused-ring (bicyclic) bond motifs is 1. The van der Waals surface area contributed by atoms with Crippen LogP contribution in [-0.4, -0.2) is 45.2 Å². The van der Waals surface area contributed by atoms with Crippen LogP contribution >= 0.6 is 11.6 Å². The van der Waals surface area contributed by atoms with Crippen LogP contribution in [0.15, 0.2) is 41.3 Å². The fraction of sp³-hybridized carbons (Fsp3) is 0.176. The fourth-order valence-electron chi connectivity index (χ4n) is 2.62. The number of sulfonamides is 1. The molecule has 9 heteroatoms. The minimum Gasteiger partial charge on any atom is -0.493 e. The molecule has 0 aromatic heterocycles. The van der Waals surface area contributed by atoms with Gasteiger partial charge in [-0.1, -0.05) is 11.6 Å². The minimum atomic E-state index is -4.16. The topological polar surface area (TPSA) is 90.0 Å². The lowest BCUT2D eigenvalue weighted by atomic mass is 10.1. The highest BCUT2D eigenvalue weighted by molar-refractivity contribution is 7.90. The Morgan fingerprint density at radius 3 is 2.23 bits per heavy atom. The zero-order chi connectivity index (χ0) is 19.1. The van der Waals surface area contributed by atoms with Gasteiger partial charge in [-0.25, -0.2) is 12.7 Å². The number of Topliss-reactive ketones (excluding diaryl/α,β-unsaturated/α-hetero) is 1. The second-order valence-electron chi connectivity index (χ2n) is 5.45. The van der Waals surface area contributed by atoms with Gasteiger partial charge >= 0.3 is 0 Å². The molecule has 2 aromatic rings. The molecule has 2 aromatic carbocycles. The predicted molar refractivity (Wildman–Crippen MR) is 93.6 cm³/mol. The molecule has 3 rings (SSSR count). The lowest BCUT2D eigenvalue weighted by Crippen LogP contribution is -2.35. The van der Waals surface area contributed by atoms with E-state index in [9.17, 15) is 18.0 Å². The van der Waals surface area contributed by atoms with E-state index in [1.807, 2.05) is 0 Å². The van der Waals surface area contributed by atoms with Gasteiger partial charge in [-0.05, 0) is 30.3 Å². The molecule has 136 valence electrons. The van der Waals surface area contributed by atoms with Crippen molar-refractivity contribution in [1.29, 1.82) is 0 Å². The SMILES string of the molecule is COc1cc2c(cc1OC)S(=O)(=O)N(CC(=O)c1ccc(Cl)cc1)C2=O. The highest BCUT2D eigenvalue weighted by atomic mass is 35.5. The molecular formula is C17H14ClNO6S. The fourth-order valence-corrected chi connectivity index (χ4v) is 4.26. The maximum Gasteiger partial charge on any atom is 0.269 e. The third-order valence-corrected chi connectivity index (χ3v) is 5.98. The maximum absolute atomic E-state index is 12.7. The van der Waals surface area contributed by atoms with Crippen molar-refractivity contribution in [3.05, 3.63) is 52.5 Å². The molecule has 1 heterocycles. The smallest absolute Gasteiger partial charge is 0.269 e. The largest absolute Gasteiger partial charge is 0.493 e. The van der Waals surface area contributed by atoms with Crippen molar-refractivity contribution in [2.45, 2.75) is 4.90 Å². The number of benzene rings is 2. The monoisotopic (exact) mass is 395 g/mol. The average molecular weight is 396 g/mol. The van der Waals surface area contributed by atoms with Crippen LogP contribution in [0.5, 0.6) is 11.5 Å². The van der Waals surface area contributed by atoms with Crippen molar-refractivity contribution < 1.29 is 27.5 Å². The van der Waals surface area contributed by atoms with Crippen LogP contribution in [0.25, 0.3) is 0 Å². The average Bonchev–Trinajstić information content (AvgIpc) is 2.81. The predicted octanol–water partition coefficient (Wildman–Crippen LogP) is 2.38. The summed E-state index contributed by atoms with van der Waals surface area (Å²) in [4.78, 5) is 24.8. The number of carbonyl (C=O) groups is 2. The van der Waals surface area contributed by atoms with Gasteiger partial charge in [0.15, 0.2) is 17.3 Å². The first-order valence-corrected chi connectivity index (χ1v) is 9.23. The lowest BCUT2D eigenvalue weighted by Gasteiger charge is -2.14. The van der Waals surface area contributed by atoms with Gasteiger partial charge in [0.25, 0.3) is 15.9 Å². The van der Waals surface area contributed by atoms with Crippen molar-refractivity contribution in [2.75, 3.05) is 20.8 Å². The van der Waals surface area contributed by atoms with Crippen LogP contribution in [0.2, 0.25) is 5.02 Å². The molecule has 1 aliphatic rings. The van der Waals surface area contributed by atoms with E-state index < -0.39 is 28.3 Å². The summed E-state index contributed by atoms with van der Waals surface area (Å²) in [6.45, 7) is -0.609.